The third-order valence-corrected chi connectivity index (χ3v) is 2.71. The summed E-state index contributed by atoms with van der Waals surface area (Å²) < 4.78 is 42.1. The van der Waals surface area contributed by atoms with Crippen molar-refractivity contribution >= 4 is 5.97 Å². The summed E-state index contributed by atoms with van der Waals surface area (Å²) in [6, 6.07) is 2.33. The largest absolute Gasteiger partial charge is 0.497 e. The molecule has 0 saturated heterocycles. The first kappa shape index (κ1) is 16.2. The number of benzene rings is 1. The molecule has 0 saturated carbocycles. The average Bonchev–Trinajstić information content (AvgIpc) is 2.45. The monoisotopic (exact) mass is 289 g/mol. The Bertz CT molecular complexity index is 479. The predicted molar refractivity (Wildman–Crippen MR) is 68.1 cm³/mol. The topological polar surface area (TPSA) is 70.8 Å². The minimum atomic E-state index is -3.85. The number of carbonyl (C=O) groups excluding carboxylic acids is 1. The minimum absolute atomic E-state index is 0.00801. The lowest BCUT2D eigenvalue weighted by atomic mass is 10.00. The van der Waals surface area contributed by atoms with Gasteiger partial charge in [0.15, 0.2) is 0 Å². The Morgan fingerprint density at radius 2 is 2.00 bits per heavy atom. The Labute approximate surface area is 115 Å². The number of esters is 1. The SMILES string of the molecule is CCOC(=O)C(F)(F)[C@@H](N)c1ccc(OC)cc1OC. The molecule has 112 valence electrons. The maximum atomic E-state index is 13.9. The van der Waals surface area contributed by atoms with Gasteiger partial charge in [0.2, 0.25) is 0 Å². The molecule has 0 fully saturated rings. The van der Waals surface area contributed by atoms with Crippen LogP contribution in [0.5, 0.6) is 11.5 Å². The average molecular weight is 289 g/mol. The highest BCUT2D eigenvalue weighted by Gasteiger charge is 2.48. The van der Waals surface area contributed by atoms with Crippen LogP contribution >= 0.6 is 0 Å². The number of ether oxygens (including phenoxy) is 3. The fraction of sp³-hybridized carbons (Fsp3) is 0.462. The smallest absolute Gasteiger partial charge is 0.379 e. The molecule has 0 aliphatic heterocycles. The van der Waals surface area contributed by atoms with Gasteiger partial charge in [0.25, 0.3) is 0 Å². The first-order chi connectivity index (χ1) is 9.38. The number of carbonyl (C=O) groups is 1. The van der Waals surface area contributed by atoms with Crippen LogP contribution in [0.1, 0.15) is 18.5 Å². The van der Waals surface area contributed by atoms with Crippen molar-refractivity contribution in [1.82, 2.24) is 0 Å². The lowest BCUT2D eigenvalue weighted by molar-refractivity contribution is -0.174. The van der Waals surface area contributed by atoms with Crippen molar-refractivity contribution < 1.29 is 27.8 Å². The number of hydrogen-bond acceptors (Lipinski definition) is 5. The molecule has 0 amide bonds. The van der Waals surface area contributed by atoms with Crippen LogP contribution in [0.2, 0.25) is 0 Å². The number of nitrogens with two attached hydrogens (primary N) is 1. The van der Waals surface area contributed by atoms with Crippen molar-refractivity contribution in [1.29, 1.82) is 0 Å². The van der Waals surface area contributed by atoms with Crippen LogP contribution in [0.25, 0.3) is 0 Å². The fourth-order valence-electron chi connectivity index (χ4n) is 1.62. The van der Waals surface area contributed by atoms with E-state index in [9.17, 15) is 13.6 Å². The van der Waals surface area contributed by atoms with E-state index in [0.29, 0.717) is 5.75 Å². The van der Waals surface area contributed by atoms with E-state index in [-0.39, 0.29) is 17.9 Å². The maximum absolute atomic E-state index is 13.9. The van der Waals surface area contributed by atoms with E-state index in [1.54, 1.807) is 0 Å². The molecule has 1 aromatic carbocycles. The van der Waals surface area contributed by atoms with Crippen molar-refractivity contribution in [2.45, 2.75) is 18.9 Å². The van der Waals surface area contributed by atoms with Gasteiger partial charge in [0.1, 0.15) is 17.5 Å². The molecule has 5 nitrogen and oxygen atoms in total. The van der Waals surface area contributed by atoms with E-state index in [4.69, 9.17) is 15.2 Å². The Hall–Kier alpha value is -1.89. The molecule has 1 aromatic rings. The molecule has 7 heteroatoms. The van der Waals surface area contributed by atoms with Gasteiger partial charge in [0, 0.05) is 11.6 Å². The fourth-order valence-corrected chi connectivity index (χ4v) is 1.62. The lowest BCUT2D eigenvalue weighted by Gasteiger charge is -2.23. The lowest BCUT2D eigenvalue weighted by Crippen LogP contribution is -2.41. The molecule has 0 aliphatic carbocycles. The molecule has 0 aliphatic rings. The summed E-state index contributed by atoms with van der Waals surface area (Å²) in [5.41, 5.74) is 5.49. The van der Waals surface area contributed by atoms with E-state index in [1.165, 1.54) is 39.3 Å². The third kappa shape index (κ3) is 3.16. The summed E-state index contributed by atoms with van der Waals surface area (Å²) >= 11 is 0. The molecule has 0 spiro atoms. The number of rotatable bonds is 6. The van der Waals surface area contributed by atoms with E-state index in [0.717, 1.165) is 0 Å². The second-order valence-electron chi connectivity index (χ2n) is 3.93. The molecule has 0 bridgehead atoms. The molecule has 0 aromatic heterocycles. The van der Waals surface area contributed by atoms with Gasteiger partial charge in [-0.1, -0.05) is 0 Å². The number of alkyl halides is 2. The molecule has 1 atom stereocenters. The normalized spacial score (nSPS) is 12.7. The summed E-state index contributed by atoms with van der Waals surface area (Å²) in [5, 5.41) is 0. The Morgan fingerprint density at radius 1 is 1.35 bits per heavy atom. The first-order valence-electron chi connectivity index (χ1n) is 5.91. The van der Waals surface area contributed by atoms with Crippen LogP contribution in [0.15, 0.2) is 18.2 Å². The highest BCUT2D eigenvalue weighted by Crippen LogP contribution is 2.37. The van der Waals surface area contributed by atoms with Crippen LogP contribution in [0.4, 0.5) is 8.78 Å². The molecule has 2 N–H and O–H groups in total. The van der Waals surface area contributed by atoms with Crippen molar-refractivity contribution in [3.8, 4) is 11.5 Å². The zero-order chi connectivity index (χ0) is 15.3. The molecule has 0 unspecified atom stereocenters. The van der Waals surface area contributed by atoms with Crippen molar-refractivity contribution in [2.24, 2.45) is 5.73 Å². The van der Waals surface area contributed by atoms with Crippen molar-refractivity contribution in [2.75, 3.05) is 20.8 Å². The summed E-state index contributed by atoms with van der Waals surface area (Å²) in [4.78, 5) is 11.3. The molecule has 0 radical (unpaired) electrons. The van der Waals surface area contributed by atoms with E-state index in [1.807, 2.05) is 0 Å². The van der Waals surface area contributed by atoms with Gasteiger partial charge in [-0.25, -0.2) is 4.79 Å². The zero-order valence-corrected chi connectivity index (χ0v) is 11.5. The standard InChI is InChI=1S/C13H17F2NO4/c1-4-20-12(17)13(14,15)11(16)9-6-5-8(18-2)7-10(9)19-3/h5-7,11H,4,16H2,1-3H3/t11-/m0/s1. The summed E-state index contributed by atoms with van der Waals surface area (Å²) in [6.45, 7) is 1.29. The van der Waals surface area contributed by atoms with Gasteiger partial charge in [-0.05, 0) is 19.1 Å². The van der Waals surface area contributed by atoms with Gasteiger partial charge in [-0.15, -0.1) is 0 Å². The Kier molecular flexibility index (Phi) is 5.26. The quantitative estimate of drug-likeness (QED) is 0.810. The summed E-state index contributed by atoms with van der Waals surface area (Å²) in [5.74, 6) is -4.97. The van der Waals surface area contributed by atoms with Crippen molar-refractivity contribution in [3.05, 3.63) is 23.8 Å². The van der Waals surface area contributed by atoms with Crippen LogP contribution in [-0.2, 0) is 9.53 Å². The zero-order valence-electron chi connectivity index (χ0n) is 11.5. The predicted octanol–water partition coefficient (Wildman–Crippen LogP) is 1.90. The third-order valence-electron chi connectivity index (χ3n) is 2.71. The second-order valence-corrected chi connectivity index (χ2v) is 3.93. The Balaban J connectivity index is 3.13. The maximum Gasteiger partial charge on any atom is 0.379 e. The number of methoxy groups -OCH3 is 2. The van der Waals surface area contributed by atoms with Gasteiger partial charge in [0.05, 0.1) is 20.8 Å². The molecular formula is C13H17F2NO4. The van der Waals surface area contributed by atoms with Gasteiger partial charge in [-0.2, -0.15) is 8.78 Å². The molecule has 0 heterocycles. The van der Waals surface area contributed by atoms with E-state index >= 15 is 0 Å². The number of halogens is 2. The van der Waals surface area contributed by atoms with Crippen LogP contribution in [0, 0.1) is 0 Å². The highest BCUT2D eigenvalue weighted by atomic mass is 19.3. The molecular weight excluding hydrogens is 272 g/mol. The molecule has 20 heavy (non-hydrogen) atoms. The first-order valence-corrected chi connectivity index (χ1v) is 5.91. The van der Waals surface area contributed by atoms with Crippen molar-refractivity contribution in [3.63, 3.8) is 0 Å². The van der Waals surface area contributed by atoms with Crippen LogP contribution in [0.3, 0.4) is 0 Å². The second kappa shape index (κ2) is 6.51. The molecule has 1 rings (SSSR count). The number of hydrogen-bond donors (Lipinski definition) is 1. The van der Waals surface area contributed by atoms with Gasteiger partial charge in [-0.3, -0.25) is 0 Å². The highest BCUT2D eigenvalue weighted by molar-refractivity contribution is 5.79. The van der Waals surface area contributed by atoms with Crippen LogP contribution in [-0.4, -0.2) is 32.7 Å². The van der Waals surface area contributed by atoms with Gasteiger partial charge < -0.3 is 19.9 Å². The summed E-state index contributed by atoms with van der Waals surface area (Å²) in [6.07, 6.45) is 0. The van der Waals surface area contributed by atoms with E-state index < -0.39 is 17.9 Å². The summed E-state index contributed by atoms with van der Waals surface area (Å²) in [7, 11) is 2.75. The van der Waals surface area contributed by atoms with E-state index in [2.05, 4.69) is 4.74 Å². The Morgan fingerprint density at radius 3 is 2.50 bits per heavy atom. The van der Waals surface area contributed by atoms with Crippen LogP contribution < -0.4 is 15.2 Å². The minimum Gasteiger partial charge on any atom is -0.497 e. The van der Waals surface area contributed by atoms with Gasteiger partial charge >= 0.3 is 11.9 Å².